The molecule has 9 nitrogen and oxygen atoms in total. The predicted molar refractivity (Wildman–Crippen MR) is 134 cm³/mol. The zero-order valence-electron chi connectivity index (χ0n) is 21.1. The number of aromatic nitrogens is 4. The van der Waals surface area contributed by atoms with Crippen LogP contribution in [0.2, 0.25) is 0 Å². The number of ether oxygens (including phenoxy) is 2. The molecule has 2 N–H and O–H groups in total. The first-order chi connectivity index (χ1) is 17.7. The highest BCUT2D eigenvalue weighted by molar-refractivity contribution is 5.94. The minimum atomic E-state index is -1.30. The maximum absolute atomic E-state index is 14.4. The van der Waals surface area contributed by atoms with Crippen molar-refractivity contribution >= 4 is 28.0 Å². The molecule has 3 heterocycles. The Morgan fingerprint density at radius 3 is 2.81 bits per heavy atom. The van der Waals surface area contributed by atoms with E-state index in [0.717, 1.165) is 22.2 Å². The zero-order chi connectivity index (χ0) is 26.5. The molecule has 0 bridgehead atoms. The topological polar surface area (TPSA) is 126 Å². The number of rotatable bonds is 7. The predicted octanol–water partition coefficient (Wildman–Crippen LogP) is 4.98. The molecule has 4 aromatic rings. The van der Waals surface area contributed by atoms with Gasteiger partial charge in [-0.3, -0.25) is 5.10 Å². The molecule has 1 saturated carbocycles. The molecule has 0 aliphatic heterocycles. The first-order valence-corrected chi connectivity index (χ1v) is 12.0. The number of nitriles is 1. The highest BCUT2D eigenvalue weighted by atomic mass is 19.1. The summed E-state index contributed by atoms with van der Waals surface area (Å²) in [4.78, 5) is 17.1. The Hall–Kier alpha value is -3.97. The van der Waals surface area contributed by atoms with Crippen LogP contribution in [-0.2, 0) is 14.9 Å². The molecule has 0 saturated heterocycles. The first-order valence-electron chi connectivity index (χ1n) is 12.0. The monoisotopic (exact) mass is 505 g/mol. The summed E-state index contributed by atoms with van der Waals surface area (Å²) in [7, 11) is 2.84. The van der Waals surface area contributed by atoms with Crippen LogP contribution in [0, 0.1) is 17.1 Å². The Morgan fingerprint density at radius 1 is 1.38 bits per heavy atom. The average molecular weight is 506 g/mol. The molecule has 2 atom stereocenters. The largest absolute Gasteiger partial charge is 0.494 e. The number of aliphatic carboxylic acids is 1. The van der Waals surface area contributed by atoms with Gasteiger partial charge < -0.3 is 19.1 Å². The molecule has 0 radical (unpaired) electrons. The van der Waals surface area contributed by atoms with Crippen molar-refractivity contribution in [1.29, 1.82) is 5.26 Å². The molecule has 0 spiro atoms. The van der Waals surface area contributed by atoms with E-state index in [1.54, 1.807) is 18.3 Å². The van der Waals surface area contributed by atoms with E-state index in [1.807, 2.05) is 24.5 Å². The molecule has 1 fully saturated rings. The van der Waals surface area contributed by atoms with Crippen LogP contribution in [0.3, 0.4) is 0 Å². The van der Waals surface area contributed by atoms with Crippen molar-refractivity contribution in [2.45, 2.75) is 56.5 Å². The number of halogens is 1. The first kappa shape index (κ1) is 24.7. The van der Waals surface area contributed by atoms with Gasteiger partial charge in [0, 0.05) is 47.3 Å². The Labute approximate surface area is 212 Å². The van der Waals surface area contributed by atoms with Gasteiger partial charge >= 0.3 is 5.97 Å². The lowest BCUT2D eigenvalue weighted by Gasteiger charge is -2.28. The van der Waals surface area contributed by atoms with E-state index in [9.17, 15) is 19.6 Å². The lowest BCUT2D eigenvalue weighted by Crippen LogP contribution is -2.37. The molecule has 37 heavy (non-hydrogen) atoms. The van der Waals surface area contributed by atoms with Crippen LogP contribution in [0.15, 0.2) is 30.5 Å². The van der Waals surface area contributed by atoms with Crippen LogP contribution >= 0.6 is 0 Å². The smallest absolute Gasteiger partial charge is 0.335 e. The van der Waals surface area contributed by atoms with Crippen molar-refractivity contribution in [2.24, 2.45) is 0 Å². The van der Waals surface area contributed by atoms with Gasteiger partial charge in [0.25, 0.3) is 0 Å². The van der Waals surface area contributed by atoms with Gasteiger partial charge in [-0.2, -0.15) is 10.4 Å². The fraction of sp³-hybridized carbons (Fsp3) is 0.407. The lowest BCUT2D eigenvalue weighted by molar-refractivity contribution is -0.161. The van der Waals surface area contributed by atoms with Crippen LogP contribution in [0.25, 0.3) is 27.8 Å². The number of aromatic amines is 1. The highest BCUT2D eigenvalue weighted by Gasteiger charge is 2.48. The number of nitrogens with one attached hydrogen (secondary N) is 1. The third-order valence-corrected chi connectivity index (χ3v) is 7.60. The minimum Gasteiger partial charge on any atom is -0.494 e. The van der Waals surface area contributed by atoms with E-state index in [0.29, 0.717) is 29.7 Å². The number of pyridine rings is 1. The molecule has 10 heteroatoms. The van der Waals surface area contributed by atoms with Gasteiger partial charge in [0.15, 0.2) is 22.8 Å². The summed E-state index contributed by atoms with van der Waals surface area (Å²) >= 11 is 0. The summed E-state index contributed by atoms with van der Waals surface area (Å²) in [5, 5.41) is 27.6. The molecule has 1 unspecified atom stereocenters. The second-order valence-electron chi connectivity index (χ2n) is 10.2. The van der Waals surface area contributed by atoms with Crippen molar-refractivity contribution < 1.29 is 23.8 Å². The lowest BCUT2D eigenvalue weighted by atomic mass is 9.80. The summed E-state index contributed by atoms with van der Waals surface area (Å²) in [6.45, 7) is 3.96. The normalized spacial score (nSPS) is 19.9. The van der Waals surface area contributed by atoms with E-state index in [-0.39, 0.29) is 24.5 Å². The quantitative estimate of drug-likeness (QED) is 0.363. The fourth-order valence-corrected chi connectivity index (χ4v) is 5.70. The zero-order valence-corrected chi connectivity index (χ0v) is 21.1. The summed E-state index contributed by atoms with van der Waals surface area (Å²) < 4.78 is 27.2. The number of nitrogens with zero attached hydrogens (tertiary/aromatic N) is 4. The minimum absolute atomic E-state index is 0.0902. The van der Waals surface area contributed by atoms with Crippen molar-refractivity contribution in [3.8, 4) is 17.5 Å². The maximum Gasteiger partial charge on any atom is 0.335 e. The summed E-state index contributed by atoms with van der Waals surface area (Å²) in [6, 6.07) is 8.89. The Balaban J connectivity index is 1.88. The molecule has 5 rings (SSSR count). The maximum atomic E-state index is 14.4. The molecule has 192 valence electrons. The van der Waals surface area contributed by atoms with Crippen molar-refractivity contribution in [1.82, 2.24) is 19.7 Å². The Kier molecular flexibility index (Phi) is 5.91. The van der Waals surface area contributed by atoms with E-state index in [1.165, 1.54) is 20.3 Å². The molecule has 1 aliphatic carbocycles. The number of fused-ring (bicyclic) bond motifs is 2. The third kappa shape index (κ3) is 3.81. The molecular weight excluding hydrogens is 477 g/mol. The molecule has 1 aliphatic rings. The van der Waals surface area contributed by atoms with Crippen LogP contribution in [0.4, 0.5) is 4.39 Å². The number of H-pyrrole nitrogens is 1. The van der Waals surface area contributed by atoms with Crippen molar-refractivity contribution in [3.05, 3.63) is 47.5 Å². The number of hydrogen-bond acceptors (Lipinski definition) is 6. The van der Waals surface area contributed by atoms with Crippen LogP contribution in [0.5, 0.6) is 5.75 Å². The van der Waals surface area contributed by atoms with Gasteiger partial charge in [-0.25, -0.2) is 14.2 Å². The highest BCUT2D eigenvalue weighted by Crippen LogP contribution is 2.50. The molecule has 3 aromatic heterocycles. The van der Waals surface area contributed by atoms with Crippen molar-refractivity contribution in [2.75, 3.05) is 14.2 Å². The van der Waals surface area contributed by atoms with E-state index >= 15 is 0 Å². The van der Waals surface area contributed by atoms with Gasteiger partial charge in [-0.05, 0) is 43.4 Å². The Bertz CT molecular complexity index is 1570. The van der Waals surface area contributed by atoms with Gasteiger partial charge in [0.2, 0.25) is 0 Å². The average Bonchev–Trinajstić information content (AvgIpc) is 3.58. The fourth-order valence-electron chi connectivity index (χ4n) is 5.70. The Morgan fingerprint density at radius 2 is 2.16 bits per heavy atom. The second-order valence-corrected chi connectivity index (χ2v) is 10.2. The molecule has 1 aromatic carbocycles. The second kappa shape index (κ2) is 8.85. The standard InChI is InChI=1S/C27H28FN5O4/c1-26(2,9-10-29)23-21(15-7-8-27(13-15,37-4)25(34)35)22-19(11-16-14-30-32-24(16)31-22)33(23)17-5-6-18(28)20(12-17)36-3/h5-6,11-12,14-15H,7-9,13H2,1-4H3,(H,34,35)(H,30,31,32)/t15?,27-/m0/s1. The van der Waals surface area contributed by atoms with Crippen molar-refractivity contribution in [3.63, 3.8) is 0 Å². The number of carboxylic acids is 1. The van der Waals surface area contributed by atoms with Gasteiger partial charge in [-0.1, -0.05) is 13.8 Å². The van der Waals surface area contributed by atoms with Crippen LogP contribution in [-0.4, -0.2) is 50.6 Å². The number of carboxylic acid groups (broad SMARTS) is 1. The number of hydrogen-bond donors (Lipinski definition) is 2. The summed E-state index contributed by atoms with van der Waals surface area (Å²) in [5.41, 5.74) is 2.43. The summed E-state index contributed by atoms with van der Waals surface area (Å²) in [6.07, 6.45) is 3.08. The number of methoxy groups -OCH3 is 2. The number of benzene rings is 1. The van der Waals surface area contributed by atoms with E-state index in [2.05, 4.69) is 16.3 Å². The number of carbonyl (C=O) groups is 1. The van der Waals surface area contributed by atoms with Crippen LogP contribution < -0.4 is 4.74 Å². The van der Waals surface area contributed by atoms with E-state index < -0.39 is 22.8 Å². The van der Waals surface area contributed by atoms with Gasteiger partial charge in [-0.15, -0.1) is 0 Å². The van der Waals surface area contributed by atoms with Gasteiger partial charge in [0.1, 0.15) is 0 Å². The van der Waals surface area contributed by atoms with Crippen LogP contribution in [0.1, 0.15) is 56.7 Å². The third-order valence-electron chi connectivity index (χ3n) is 7.60. The molecular formula is C27H28FN5O4. The van der Waals surface area contributed by atoms with Gasteiger partial charge in [0.05, 0.1) is 30.4 Å². The summed E-state index contributed by atoms with van der Waals surface area (Å²) in [5.74, 6) is -1.58. The molecule has 0 amide bonds. The van der Waals surface area contributed by atoms with E-state index in [4.69, 9.17) is 14.5 Å². The SMILES string of the molecule is COc1cc(-n2c(C(C)(C)CC#N)c(C3CC[C@@](OC)(C(=O)O)C3)c3nc4[nH]ncc4cc32)ccc1F.